The molecule has 0 aliphatic carbocycles. The van der Waals surface area contributed by atoms with Gasteiger partial charge in [-0.25, -0.2) is 0 Å². The first-order chi connectivity index (χ1) is 6.68. The van der Waals surface area contributed by atoms with E-state index in [1.165, 1.54) is 24.3 Å². The van der Waals surface area contributed by atoms with Crippen LogP contribution >= 0.6 is 0 Å². The molecule has 0 bridgehead atoms. The van der Waals surface area contributed by atoms with Gasteiger partial charge in [-0.1, -0.05) is 0 Å². The summed E-state index contributed by atoms with van der Waals surface area (Å²) in [4.78, 5) is 0. The maximum Gasteiger partial charge on any atom is 1.00 e. The van der Waals surface area contributed by atoms with Gasteiger partial charge in [-0.2, -0.15) is 0 Å². The van der Waals surface area contributed by atoms with E-state index in [4.69, 9.17) is 11.3 Å². The van der Waals surface area contributed by atoms with Crippen molar-refractivity contribution in [3.05, 3.63) is 29.8 Å². The topological polar surface area (TPSA) is 112 Å². The van der Waals surface area contributed by atoms with Gasteiger partial charge >= 0.3 is 121 Å². The zero-order valence-corrected chi connectivity index (χ0v) is 13.8. The predicted molar refractivity (Wildman–Crippen MR) is 52.2 cm³/mol. The first-order valence-corrected chi connectivity index (χ1v) is 10.00. The Hall–Kier alpha value is 0.668. The third-order valence-corrected chi connectivity index (χ3v) is 5.09. The van der Waals surface area contributed by atoms with E-state index in [1.54, 1.807) is 0 Å². The molecule has 0 aliphatic heterocycles. The van der Waals surface area contributed by atoms with Crippen LogP contribution in [0.4, 0.5) is 0 Å². The minimum atomic E-state index is -5.18. The second kappa shape index (κ2) is 6.02. The average molecular weight is 366 g/mol. The normalized spacial score (nSPS) is 11.9. The van der Waals surface area contributed by atoms with Crippen LogP contribution in [0.3, 0.4) is 0 Å². The summed E-state index contributed by atoms with van der Waals surface area (Å²) in [5, 5.41) is 0. The predicted octanol–water partition coefficient (Wildman–Crippen LogP) is -4.36. The van der Waals surface area contributed by atoms with Crippen molar-refractivity contribution < 1.29 is 52.3 Å². The van der Waals surface area contributed by atoms with Gasteiger partial charge in [0.15, 0.2) is 0 Å². The summed E-state index contributed by atoms with van der Waals surface area (Å²) in [5.74, 6) is -0.565. The van der Waals surface area contributed by atoms with Crippen LogP contribution in [0.5, 0.6) is 0 Å². The molecule has 1 rings (SSSR count). The number of rotatable bonds is 3. The molecule has 16 heavy (non-hydrogen) atoms. The summed E-state index contributed by atoms with van der Waals surface area (Å²) >= 11 is -5.18. The summed E-state index contributed by atoms with van der Waals surface area (Å²) in [7, 11) is -4.11. The molecule has 0 aliphatic rings. The molecule has 0 heterocycles. The molecule has 0 fully saturated rings. The molecule has 1 aromatic carbocycles. The smallest absolute Gasteiger partial charge is 1.00 e. The SMILES string of the molecule is O=S(=O)(O)Cc1cc[c]([Sb](=[O])([OH])[OH])cc1.[Na+]. The third-order valence-electron chi connectivity index (χ3n) is 1.62. The van der Waals surface area contributed by atoms with Crippen LogP contribution < -0.4 is 33.1 Å². The van der Waals surface area contributed by atoms with E-state index < -0.39 is 35.5 Å². The number of hydrogen-bond acceptors (Lipinski definition) is 3. The van der Waals surface area contributed by atoms with Crippen molar-refractivity contribution >= 4 is 33.3 Å². The second-order valence-electron chi connectivity index (χ2n) is 2.94. The van der Waals surface area contributed by atoms with Crippen LogP contribution in [-0.4, -0.2) is 39.4 Å². The molecule has 0 atom stereocenters. The maximum atomic E-state index is 10.8. The summed E-state index contributed by atoms with van der Waals surface area (Å²) in [6.45, 7) is 0. The van der Waals surface area contributed by atoms with Crippen LogP contribution in [0, 0.1) is 0 Å². The van der Waals surface area contributed by atoms with Gasteiger partial charge in [0.2, 0.25) is 0 Å². The van der Waals surface area contributed by atoms with E-state index in [-0.39, 0.29) is 38.6 Å². The van der Waals surface area contributed by atoms with Crippen LogP contribution in [0.1, 0.15) is 5.56 Å². The van der Waals surface area contributed by atoms with Gasteiger partial charge in [0.25, 0.3) is 0 Å². The van der Waals surface area contributed by atoms with Crippen molar-refractivity contribution in [2.75, 3.05) is 0 Å². The fourth-order valence-corrected chi connectivity index (χ4v) is 3.14. The molecule has 0 saturated heterocycles. The quantitative estimate of drug-likeness (QED) is 0.368. The van der Waals surface area contributed by atoms with Gasteiger partial charge in [0.1, 0.15) is 0 Å². The Morgan fingerprint density at radius 1 is 1.12 bits per heavy atom. The van der Waals surface area contributed by atoms with Crippen LogP contribution in [0.15, 0.2) is 24.3 Å². The Labute approximate surface area is 120 Å². The molecular formula is C7H9NaO6SSb+. The molecule has 0 aromatic heterocycles. The maximum absolute atomic E-state index is 10.8. The average Bonchev–Trinajstić information content (AvgIpc) is 2.00. The molecule has 9 heteroatoms. The minimum absolute atomic E-state index is 0. The van der Waals surface area contributed by atoms with E-state index >= 15 is 0 Å². The first kappa shape index (κ1) is 16.7. The second-order valence-corrected chi connectivity index (χ2v) is 8.97. The van der Waals surface area contributed by atoms with Crippen molar-refractivity contribution in [3.63, 3.8) is 0 Å². The van der Waals surface area contributed by atoms with Gasteiger partial charge < -0.3 is 0 Å². The standard InChI is InChI=1S/C7H7O3S.Na.2H2O.O.Sb/c8-11(9,10)6-7-4-2-1-3-5-7;;;;;/h2-5H,6H2,(H,8,9,10);;2*1H2;;/q;+1;;;;+2/p-2. The van der Waals surface area contributed by atoms with E-state index in [0.717, 1.165) is 0 Å². The monoisotopic (exact) mass is 365 g/mol. The molecule has 0 saturated carbocycles. The summed E-state index contributed by atoms with van der Waals surface area (Å²) in [5.41, 5.74) is 0.273. The molecule has 0 amide bonds. The molecule has 0 radical (unpaired) electrons. The fourth-order valence-electron chi connectivity index (χ4n) is 0.997. The van der Waals surface area contributed by atoms with Crippen molar-refractivity contribution in [2.24, 2.45) is 0 Å². The largest absolute Gasteiger partial charge is 1.00 e. The van der Waals surface area contributed by atoms with Crippen LogP contribution in [-0.2, 0) is 18.9 Å². The Kier molecular flexibility index (Phi) is 6.27. The van der Waals surface area contributed by atoms with E-state index in [9.17, 15) is 11.4 Å². The Morgan fingerprint density at radius 2 is 1.56 bits per heavy atom. The van der Waals surface area contributed by atoms with Crippen LogP contribution in [0.2, 0.25) is 0 Å². The van der Waals surface area contributed by atoms with Gasteiger partial charge in [0.05, 0.1) is 0 Å². The molecule has 3 N–H and O–H groups in total. The molecule has 84 valence electrons. The van der Waals surface area contributed by atoms with Crippen molar-refractivity contribution in [2.45, 2.75) is 5.75 Å². The van der Waals surface area contributed by atoms with E-state index in [1.807, 2.05) is 0 Å². The van der Waals surface area contributed by atoms with E-state index in [0.29, 0.717) is 0 Å². The number of hydrogen-bond donors (Lipinski definition) is 3. The van der Waals surface area contributed by atoms with Gasteiger partial charge in [-0.3, -0.25) is 0 Å². The zero-order valence-electron chi connectivity index (χ0n) is 8.44. The van der Waals surface area contributed by atoms with E-state index in [2.05, 4.69) is 0 Å². The minimum Gasteiger partial charge on any atom is 1.00 e. The third kappa shape index (κ3) is 5.84. The van der Waals surface area contributed by atoms with Gasteiger partial charge in [0, 0.05) is 0 Å². The van der Waals surface area contributed by atoms with Crippen molar-refractivity contribution in [1.82, 2.24) is 0 Å². The first-order valence-electron chi connectivity index (χ1n) is 3.79. The summed E-state index contributed by atoms with van der Waals surface area (Å²) < 4.78 is 57.9. The van der Waals surface area contributed by atoms with Crippen molar-refractivity contribution in [1.29, 1.82) is 0 Å². The molecule has 0 unspecified atom stereocenters. The Balaban J connectivity index is 0.00000225. The Morgan fingerprint density at radius 3 is 1.88 bits per heavy atom. The fraction of sp³-hybridized carbons (Fsp3) is 0.143. The van der Waals surface area contributed by atoms with Gasteiger partial charge in [-0.15, -0.1) is 0 Å². The van der Waals surface area contributed by atoms with Crippen LogP contribution in [0.25, 0.3) is 0 Å². The molecule has 1 aromatic rings. The Bertz CT molecular complexity index is 490. The van der Waals surface area contributed by atoms with Crippen molar-refractivity contribution in [3.8, 4) is 0 Å². The number of benzene rings is 1. The van der Waals surface area contributed by atoms with Gasteiger partial charge in [-0.05, 0) is 0 Å². The summed E-state index contributed by atoms with van der Waals surface area (Å²) in [6, 6.07) is 4.85. The zero-order chi connectivity index (χ0) is 11.7. The molecule has 0 spiro atoms. The molecule has 6 nitrogen and oxygen atoms in total. The molecular weight excluding hydrogens is 357 g/mol. The summed E-state index contributed by atoms with van der Waals surface area (Å²) in [6.07, 6.45) is 0.